The largest absolute Gasteiger partial charge is 0.388 e. The highest BCUT2D eigenvalue weighted by atomic mass is 16.5. The van der Waals surface area contributed by atoms with Crippen LogP contribution in [-0.2, 0) is 9.47 Å². The maximum absolute atomic E-state index is 9.95. The molecule has 0 radical (unpaired) electrons. The van der Waals surface area contributed by atoms with E-state index in [4.69, 9.17) is 9.47 Å². The molecule has 1 rings (SSSR count). The number of hydrogen-bond donors (Lipinski definition) is 3. The number of aliphatic hydroxyl groups excluding tert-OH is 3. The van der Waals surface area contributed by atoms with Gasteiger partial charge in [0.15, 0.2) is 0 Å². The van der Waals surface area contributed by atoms with Crippen LogP contribution in [0.4, 0.5) is 0 Å². The second kappa shape index (κ2) is 18.3. The summed E-state index contributed by atoms with van der Waals surface area (Å²) in [6.45, 7) is 3.08. The van der Waals surface area contributed by atoms with Crippen molar-refractivity contribution in [3.63, 3.8) is 0 Å². The van der Waals surface area contributed by atoms with Crippen LogP contribution in [0.2, 0.25) is 0 Å². The van der Waals surface area contributed by atoms with E-state index < -0.39 is 24.4 Å². The number of allylic oxidation sites excluding steroid dienone is 2. The molecule has 0 spiro atoms. The zero-order valence-corrected chi connectivity index (χ0v) is 18.6. The molecule has 1 saturated heterocycles. The quantitative estimate of drug-likeness (QED) is 0.214. The van der Waals surface area contributed by atoms with Crippen LogP contribution in [0.25, 0.3) is 0 Å². The van der Waals surface area contributed by atoms with Gasteiger partial charge in [-0.05, 0) is 32.1 Å². The summed E-state index contributed by atoms with van der Waals surface area (Å²) < 4.78 is 10.7. The second-order valence-electron chi connectivity index (χ2n) is 8.44. The van der Waals surface area contributed by atoms with Gasteiger partial charge in [0.1, 0.15) is 24.4 Å². The molecule has 0 bridgehead atoms. The summed E-state index contributed by atoms with van der Waals surface area (Å²) in [5.74, 6) is 0. The highest BCUT2D eigenvalue weighted by Gasteiger charge is 2.39. The lowest BCUT2D eigenvalue weighted by Gasteiger charge is -2.20. The molecule has 29 heavy (non-hydrogen) atoms. The van der Waals surface area contributed by atoms with Crippen molar-refractivity contribution in [2.75, 3.05) is 19.8 Å². The van der Waals surface area contributed by atoms with E-state index in [-0.39, 0.29) is 13.2 Å². The molecular formula is C24H46O5. The summed E-state index contributed by atoms with van der Waals surface area (Å²) in [5.41, 5.74) is 0. The monoisotopic (exact) mass is 414 g/mol. The third-order valence-electron chi connectivity index (χ3n) is 5.66. The van der Waals surface area contributed by atoms with E-state index >= 15 is 0 Å². The standard InChI is InChI=1S/C24H46O5/c1-2-3-4-5-6-7-8-9-10-11-12-13-14-15-16-17-18-28-19-22(26)24-23(27)21(25)20-29-24/h6-7,21-27H,2-5,8-20H2,1H3/b7-6+/t21-,22+,23+,24+/m0/s1. The summed E-state index contributed by atoms with van der Waals surface area (Å²) >= 11 is 0. The first-order chi connectivity index (χ1) is 14.2. The van der Waals surface area contributed by atoms with Crippen molar-refractivity contribution in [1.29, 1.82) is 0 Å². The molecule has 3 N–H and O–H groups in total. The third kappa shape index (κ3) is 13.5. The van der Waals surface area contributed by atoms with Crippen LogP contribution >= 0.6 is 0 Å². The predicted octanol–water partition coefficient (Wildman–Crippen LogP) is 4.52. The molecule has 172 valence electrons. The van der Waals surface area contributed by atoms with Crippen molar-refractivity contribution >= 4 is 0 Å². The Labute approximate surface area is 178 Å². The van der Waals surface area contributed by atoms with Gasteiger partial charge in [0.25, 0.3) is 0 Å². The van der Waals surface area contributed by atoms with Gasteiger partial charge in [-0.25, -0.2) is 0 Å². The van der Waals surface area contributed by atoms with Crippen LogP contribution in [0.1, 0.15) is 96.8 Å². The average Bonchev–Trinajstić information content (AvgIpc) is 3.05. The molecule has 1 aliphatic rings. The van der Waals surface area contributed by atoms with Gasteiger partial charge in [-0.2, -0.15) is 0 Å². The van der Waals surface area contributed by atoms with Gasteiger partial charge in [-0.3, -0.25) is 0 Å². The van der Waals surface area contributed by atoms with Gasteiger partial charge < -0.3 is 24.8 Å². The third-order valence-corrected chi connectivity index (χ3v) is 5.66. The molecule has 0 aromatic carbocycles. The second-order valence-corrected chi connectivity index (χ2v) is 8.44. The van der Waals surface area contributed by atoms with Crippen molar-refractivity contribution in [3.8, 4) is 0 Å². The molecule has 1 fully saturated rings. The summed E-state index contributed by atoms with van der Waals surface area (Å²) in [7, 11) is 0. The minimum atomic E-state index is -1.03. The number of aliphatic hydroxyl groups is 3. The summed E-state index contributed by atoms with van der Waals surface area (Å²) in [5, 5.41) is 29.0. The Hall–Kier alpha value is -0.460. The number of unbranched alkanes of at least 4 members (excludes halogenated alkanes) is 12. The predicted molar refractivity (Wildman–Crippen MR) is 118 cm³/mol. The van der Waals surface area contributed by atoms with E-state index in [2.05, 4.69) is 19.1 Å². The number of rotatable bonds is 19. The van der Waals surface area contributed by atoms with E-state index in [1.54, 1.807) is 0 Å². The zero-order chi connectivity index (χ0) is 21.2. The topological polar surface area (TPSA) is 79.2 Å². The lowest BCUT2D eigenvalue weighted by atomic mass is 10.1. The Bertz CT molecular complexity index is 387. The van der Waals surface area contributed by atoms with E-state index in [1.807, 2.05) is 0 Å². The summed E-state index contributed by atoms with van der Waals surface area (Å²) in [6.07, 6.45) is 19.0. The molecule has 0 aromatic rings. The smallest absolute Gasteiger partial charge is 0.114 e. The molecular weight excluding hydrogens is 368 g/mol. The molecule has 1 heterocycles. The van der Waals surface area contributed by atoms with Gasteiger partial charge >= 0.3 is 0 Å². The molecule has 0 aromatic heterocycles. The average molecular weight is 415 g/mol. The van der Waals surface area contributed by atoms with E-state index in [0.29, 0.717) is 6.61 Å². The van der Waals surface area contributed by atoms with E-state index in [1.165, 1.54) is 77.0 Å². The summed E-state index contributed by atoms with van der Waals surface area (Å²) in [4.78, 5) is 0. The molecule has 0 aliphatic carbocycles. The lowest BCUT2D eigenvalue weighted by molar-refractivity contribution is -0.0813. The maximum atomic E-state index is 9.95. The Balaban J connectivity index is 1.77. The molecule has 0 amide bonds. The SMILES string of the molecule is CCCCC/C=C/CCCCCCCCCCCOC[C@@H](O)[C@H]1OC[C@H](O)[C@H]1O. The maximum Gasteiger partial charge on any atom is 0.114 e. The Morgan fingerprint density at radius 2 is 1.41 bits per heavy atom. The molecule has 5 heteroatoms. The Morgan fingerprint density at radius 3 is 1.97 bits per heavy atom. The van der Waals surface area contributed by atoms with Gasteiger partial charge in [-0.15, -0.1) is 0 Å². The van der Waals surface area contributed by atoms with Crippen molar-refractivity contribution in [1.82, 2.24) is 0 Å². The van der Waals surface area contributed by atoms with Crippen LogP contribution in [0.5, 0.6) is 0 Å². The fraction of sp³-hybridized carbons (Fsp3) is 0.917. The summed E-state index contributed by atoms with van der Waals surface area (Å²) in [6, 6.07) is 0. The Morgan fingerprint density at radius 1 is 0.862 bits per heavy atom. The number of hydrogen-bond acceptors (Lipinski definition) is 5. The highest BCUT2D eigenvalue weighted by molar-refractivity contribution is 4.87. The fourth-order valence-electron chi connectivity index (χ4n) is 3.72. The molecule has 4 atom stereocenters. The van der Waals surface area contributed by atoms with Crippen LogP contribution in [0.3, 0.4) is 0 Å². The van der Waals surface area contributed by atoms with Gasteiger partial charge in [0, 0.05) is 6.61 Å². The van der Waals surface area contributed by atoms with Crippen molar-refractivity contribution in [3.05, 3.63) is 12.2 Å². The van der Waals surface area contributed by atoms with Crippen LogP contribution < -0.4 is 0 Å². The molecule has 5 nitrogen and oxygen atoms in total. The van der Waals surface area contributed by atoms with Crippen LogP contribution in [0, 0.1) is 0 Å². The lowest BCUT2D eigenvalue weighted by Crippen LogP contribution is -2.40. The fourth-order valence-corrected chi connectivity index (χ4v) is 3.72. The first-order valence-corrected chi connectivity index (χ1v) is 12.0. The van der Waals surface area contributed by atoms with Gasteiger partial charge in [0.2, 0.25) is 0 Å². The minimum absolute atomic E-state index is 0.0685. The molecule has 0 unspecified atom stereocenters. The molecule has 1 aliphatic heterocycles. The number of ether oxygens (including phenoxy) is 2. The van der Waals surface area contributed by atoms with E-state index in [0.717, 1.165) is 12.8 Å². The van der Waals surface area contributed by atoms with Gasteiger partial charge in [0.05, 0.1) is 13.2 Å². The normalized spacial score (nSPS) is 23.2. The zero-order valence-electron chi connectivity index (χ0n) is 18.6. The highest BCUT2D eigenvalue weighted by Crippen LogP contribution is 2.18. The minimum Gasteiger partial charge on any atom is -0.388 e. The van der Waals surface area contributed by atoms with Crippen LogP contribution in [0.15, 0.2) is 12.2 Å². The first kappa shape index (κ1) is 26.6. The van der Waals surface area contributed by atoms with Crippen molar-refractivity contribution in [2.45, 2.75) is 121 Å². The first-order valence-electron chi connectivity index (χ1n) is 12.0. The van der Waals surface area contributed by atoms with E-state index in [9.17, 15) is 15.3 Å². The van der Waals surface area contributed by atoms with Crippen molar-refractivity contribution in [2.24, 2.45) is 0 Å². The van der Waals surface area contributed by atoms with Gasteiger partial charge in [-0.1, -0.05) is 76.9 Å². The van der Waals surface area contributed by atoms with Crippen molar-refractivity contribution < 1.29 is 24.8 Å². The Kier molecular flexibility index (Phi) is 16.8. The molecule has 0 saturated carbocycles. The van der Waals surface area contributed by atoms with Crippen LogP contribution in [-0.4, -0.2) is 59.6 Å².